The molecule has 136 valence electrons. The molecular formula is C18H15Cl3N2O3. The van der Waals surface area contributed by atoms with Gasteiger partial charge in [-0.2, -0.15) is 0 Å². The van der Waals surface area contributed by atoms with Crippen LogP contribution in [-0.4, -0.2) is 23.0 Å². The fourth-order valence-electron chi connectivity index (χ4n) is 2.99. The maximum atomic E-state index is 12.4. The van der Waals surface area contributed by atoms with Gasteiger partial charge in [0.15, 0.2) is 0 Å². The number of carboxylic acid groups (broad SMARTS) is 1. The van der Waals surface area contributed by atoms with Crippen LogP contribution < -0.4 is 10.6 Å². The van der Waals surface area contributed by atoms with E-state index in [1.807, 2.05) is 0 Å². The lowest BCUT2D eigenvalue weighted by atomic mass is 9.92. The summed E-state index contributed by atoms with van der Waals surface area (Å²) in [6, 6.07) is 8.76. The van der Waals surface area contributed by atoms with Crippen LogP contribution in [0.2, 0.25) is 15.1 Å². The first-order chi connectivity index (χ1) is 12.3. The molecule has 3 N–H and O–H groups in total. The molecule has 8 heteroatoms. The Kier molecular flexibility index (Phi) is 5.61. The molecule has 0 radical (unpaired) electrons. The predicted molar refractivity (Wildman–Crippen MR) is 102 cm³/mol. The van der Waals surface area contributed by atoms with Crippen molar-refractivity contribution >= 4 is 52.4 Å². The molecule has 2 aromatic rings. The molecule has 2 aromatic carbocycles. The van der Waals surface area contributed by atoms with Gasteiger partial charge in [0, 0.05) is 32.7 Å². The number of aliphatic carboxylic acids is 1. The van der Waals surface area contributed by atoms with Gasteiger partial charge < -0.3 is 15.7 Å². The molecule has 5 nitrogen and oxygen atoms in total. The lowest BCUT2D eigenvalue weighted by Gasteiger charge is -2.32. The quantitative estimate of drug-likeness (QED) is 0.698. The van der Waals surface area contributed by atoms with Crippen molar-refractivity contribution < 1.29 is 14.7 Å². The second-order valence-electron chi connectivity index (χ2n) is 6.04. The minimum absolute atomic E-state index is 0.152. The van der Waals surface area contributed by atoms with Crippen LogP contribution in [0.25, 0.3) is 0 Å². The number of halogens is 3. The van der Waals surface area contributed by atoms with Crippen molar-refractivity contribution in [2.45, 2.75) is 24.9 Å². The molecule has 1 heterocycles. The zero-order chi connectivity index (χ0) is 18.8. The maximum absolute atomic E-state index is 12.4. The van der Waals surface area contributed by atoms with Gasteiger partial charge in [0.2, 0.25) is 5.91 Å². The van der Waals surface area contributed by atoms with Gasteiger partial charge >= 0.3 is 5.97 Å². The van der Waals surface area contributed by atoms with Crippen molar-refractivity contribution in [3.63, 3.8) is 0 Å². The second-order valence-corrected chi connectivity index (χ2v) is 7.32. The number of anilines is 1. The minimum Gasteiger partial charge on any atom is -0.480 e. The van der Waals surface area contributed by atoms with Crippen molar-refractivity contribution in [1.82, 2.24) is 5.32 Å². The number of carbonyl (C=O) groups excluding carboxylic acids is 1. The number of nitrogens with one attached hydrogen (secondary N) is 2. The van der Waals surface area contributed by atoms with Crippen molar-refractivity contribution in [1.29, 1.82) is 0 Å². The third-order valence-corrected chi connectivity index (χ3v) is 4.94. The largest absolute Gasteiger partial charge is 0.480 e. The van der Waals surface area contributed by atoms with Gasteiger partial charge in [-0.15, -0.1) is 0 Å². The highest BCUT2D eigenvalue weighted by atomic mass is 35.5. The SMILES string of the molecule is O=C(Cc1ccc(Cl)cc1)N[C@@H]1C[C@@H](C(=O)O)Nc2cc(Cl)cc(Cl)c21. The van der Waals surface area contributed by atoms with E-state index in [1.54, 1.807) is 36.4 Å². The Balaban J connectivity index is 1.83. The Morgan fingerprint density at radius 2 is 1.81 bits per heavy atom. The number of rotatable bonds is 4. The van der Waals surface area contributed by atoms with Crippen LogP contribution >= 0.6 is 34.8 Å². The highest BCUT2D eigenvalue weighted by molar-refractivity contribution is 6.35. The van der Waals surface area contributed by atoms with Crippen LogP contribution in [0.15, 0.2) is 36.4 Å². The number of carbonyl (C=O) groups is 2. The summed E-state index contributed by atoms with van der Waals surface area (Å²) in [6.45, 7) is 0. The Hall–Kier alpha value is -1.95. The molecule has 0 spiro atoms. The van der Waals surface area contributed by atoms with E-state index in [9.17, 15) is 14.7 Å². The highest BCUT2D eigenvalue weighted by Crippen LogP contribution is 2.39. The minimum atomic E-state index is -1.01. The summed E-state index contributed by atoms with van der Waals surface area (Å²) in [6.07, 6.45) is 0.329. The molecule has 0 aromatic heterocycles. The van der Waals surface area contributed by atoms with E-state index in [2.05, 4.69) is 10.6 Å². The molecule has 26 heavy (non-hydrogen) atoms. The molecule has 0 saturated heterocycles. The first kappa shape index (κ1) is 18.8. The van der Waals surface area contributed by atoms with E-state index in [4.69, 9.17) is 34.8 Å². The van der Waals surface area contributed by atoms with E-state index < -0.39 is 18.1 Å². The summed E-state index contributed by atoms with van der Waals surface area (Å²) >= 11 is 18.2. The zero-order valence-electron chi connectivity index (χ0n) is 13.4. The number of hydrogen-bond acceptors (Lipinski definition) is 3. The Labute approximate surface area is 165 Å². The molecule has 0 saturated carbocycles. The van der Waals surface area contributed by atoms with Crippen LogP contribution in [0.3, 0.4) is 0 Å². The highest BCUT2D eigenvalue weighted by Gasteiger charge is 2.33. The van der Waals surface area contributed by atoms with Gasteiger partial charge in [0.25, 0.3) is 0 Å². The van der Waals surface area contributed by atoms with Gasteiger partial charge in [-0.05, 0) is 29.8 Å². The third kappa shape index (κ3) is 4.23. The molecular weight excluding hydrogens is 399 g/mol. The standard InChI is InChI=1S/C18H15Cl3N2O3/c19-10-3-1-9(2-4-10)5-16(24)23-14-8-15(18(25)26)22-13-7-11(20)6-12(21)17(13)14/h1-4,6-7,14-15,22H,5,8H2,(H,23,24)(H,25,26)/t14-,15+/m1/s1. The van der Waals surface area contributed by atoms with Crippen molar-refractivity contribution in [3.8, 4) is 0 Å². The molecule has 0 aliphatic carbocycles. The molecule has 2 atom stereocenters. The van der Waals surface area contributed by atoms with Crippen LogP contribution in [0, 0.1) is 0 Å². The average Bonchev–Trinajstić information content (AvgIpc) is 2.55. The van der Waals surface area contributed by atoms with Crippen LogP contribution in [0.4, 0.5) is 5.69 Å². The van der Waals surface area contributed by atoms with Gasteiger partial charge in [-0.25, -0.2) is 4.79 Å². The molecule has 1 amide bonds. The summed E-state index contributed by atoms with van der Waals surface area (Å²) in [7, 11) is 0. The fraction of sp³-hybridized carbons (Fsp3) is 0.222. The van der Waals surface area contributed by atoms with Gasteiger partial charge in [-0.1, -0.05) is 46.9 Å². The summed E-state index contributed by atoms with van der Waals surface area (Å²) in [5, 5.41) is 16.5. The second kappa shape index (κ2) is 7.74. The topological polar surface area (TPSA) is 78.4 Å². The van der Waals surface area contributed by atoms with Crippen LogP contribution in [0.1, 0.15) is 23.6 Å². The van der Waals surface area contributed by atoms with Crippen LogP contribution in [0.5, 0.6) is 0 Å². The molecule has 0 bridgehead atoms. The Bertz CT molecular complexity index is 856. The first-order valence-electron chi connectivity index (χ1n) is 7.85. The van der Waals surface area contributed by atoms with Gasteiger partial charge in [-0.3, -0.25) is 4.79 Å². The van der Waals surface area contributed by atoms with Gasteiger partial charge in [0.1, 0.15) is 6.04 Å². The number of carboxylic acids is 1. The Morgan fingerprint density at radius 3 is 2.46 bits per heavy atom. The number of hydrogen-bond donors (Lipinski definition) is 3. The summed E-state index contributed by atoms with van der Waals surface area (Å²) in [5.74, 6) is -1.25. The molecule has 1 aliphatic rings. The van der Waals surface area contributed by atoms with E-state index in [0.29, 0.717) is 26.3 Å². The normalized spacial score (nSPS) is 18.6. The number of fused-ring (bicyclic) bond motifs is 1. The molecule has 0 fully saturated rings. The summed E-state index contributed by atoms with van der Waals surface area (Å²) in [5.41, 5.74) is 1.95. The number of amides is 1. The van der Waals surface area contributed by atoms with Crippen molar-refractivity contribution in [2.24, 2.45) is 0 Å². The van der Waals surface area contributed by atoms with Crippen molar-refractivity contribution in [3.05, 3.63) is 62.6 Å². The van der Waals surface area contributed by atoms with E-state index in [0.717, 1.165) is 5.56 Å². The van der Waals surface area contributed by atoms with E-state index in [-0.39, 0.29) is 18.7 Å². The molecule has 0 unspecified atom stereocenters. The zero-order valence-corrected chi connectivity index (χ0v) is 15.7. The van der Waals surface area contributed by atoms with Gasteiger partial charge in [0.05, 0.1) is 12.5 Å². The monoisotopic (exact) mass is 412 g/mol. The fourth-order valence-corrected chi connectivity index (χ4v) is 3.74. The van der Waals surface area contributed by atoms with Crippen LogP contribution in [-0.2, 0) is 16.0 Å². The Morgan fingerprint density at radius 1 is 1.12 bits per heavy atom. The van der Waals surface area contributed by atoms with E-state index >= 15 is 0 Å². The smallest absolute Gasteiger partial charge is 0.326 e. The van der Waals surface area contributed by atoms with Crippen molar-refractivity contribution in [2.75, 3.05) is 5.32 Å². The average molecular weight is 414 g/mol. The molecule has 1 aliphatic heterocycles. The molecule has 3 rings (SSSR count). The summed E-state index contributed by atoms with van der Waals surface area (Å²) in [4.78, 5) is 23.9. The summed E-state index contributed by atoms with van der Waals surface area (Å²) < 4.78 is 0. The lowest BCUT2D eigenvalue weighted by molar-refractivity contribution is -0.138. The first-order valence-corrected chi connectivity index (χ1v) is 8.99. The maximum Gasteiger partial charge on any atom is 0.326 e. The lowest BCUT2D eigenvalue weighted by Crippen LogP contribution is -2.41. The third-order valence-electron chi connectivity index (χ3n) is 4.16. The predicted octanol–water partition coefficient (Wildman–Crippen LogP) is 4.32. The van der Waals surface area contributed by atoms with E-state index in [1.165, 1.54) is 0 Å². The number of benzene rings is 2.